The fourth-order valence-corrected chi connectivity index (χ4v) is 2.93. The molecule has 1 N–H and O–H groups in total. The lowest BCUT2D eigenvalue weighted by atomic mass is 10.2. The maximum Gasteiger partial charge on any atom is 0.220 e. The third-order valence-corrected chi connectivity index (χ3v) is 4.26. The summed E-state index contributed by atoms with van der Waals surface area (Å²) in [7, 11) is 0. The number of amides is 1. The third-order valence-electron chi connectivity index (χ3n) is 3.35. The number of aryl methyl sites for hydroxylation is 3. The Kier molecular flexibility index (Phi) is 5.89. The highest BCUT2D eigenvalue weighted by Crippen LogP contribution is 2.12. The van der Waals surface area contributed by atoms with Gasteiger partial charge in [-0.05, 0) is 37.8 Å². The van der Waals surface area contributed by atoms with E-state index in [9.17, 15) is 9.59 Å². The Morgan fingerprint density at radius 2 is 2.14 bits per heavy atom. The highest BCUT2D eigenvalue weighted by Gasteiger charge is 2.09. The van der Waals surface area contributed by atoms with Gasteiger partial charge in [-0.1, -0.05) is 6.07 Å². The van der Waals surface area contributed by atoms with Crippen molar-refractivity contribution in [1.29, 1.82) is 0 Å². The lowest BCUT2D eigenvalue weighted by Crippen LogP contribution is -2.25. The Morgan fingerprint density at radius 3 is 2.77 bits per heavy atom. The fraction of sp³-hybridized carbons (Fsp3) is 0.438. The van der Waals surface area contributed by atoms with Gasteiger partial charge < -0.3 is 5.32 Å². The molecule has 5 nitrogen and oxygen atoms in total. The van der Waals surface area contributed by atoms with Crippen molar-refractivity contribution >= 4 is 23.0 Å². The van der Waals surface area contributed by atoms with E-state index in [1.165, 1.54) is 11.3 Å². The molecule has 2 aromatic rings. The van der Waals surface area contributed by atoms with E-state index in [0.29, 0.717) is 6.54 Å². The molecular weight excluding hydrogens is 298 g/mol. The third kappa shape index (κ3) is 4.80. The zero-order valence-corrected chi connectivity index (χ0v) is 13.8. The van der Waals surface area contributed by atoms with Gasteiger partial charge in [0, 0.05) is 31.6 Å². The predicted molar refractivity (Wildman–Crippen MR) is 87.2 cm³/mol. The molecule has 0 saturated carbocycles. The molecule has 0 radical (unpaired) electrons. The number of thiophene rings is 1. The van der Waals surface area contributed by atoms with E-state index in [1.54, 1.807) is 6.07 Å². The van der Waals surface area contributed by atoms with Crippen LogP contribution in [0.2, 0.25) is 0 Å². The molecular formula is C16H21N3O2S. The Labute approximate surface area is 134 Å². The minimum atomic E-state index is -0.0710. The number of ketones is 1. The Balaban J connectivity index is 1.62. The number of Topliss-reactive ketones (excluding diaryl/α,β-unsaturated/α-hetero) is 1. The van der Waals surface area contributed by atoms with Crippen LogP contribution < -0.4 is 5.32 Å². The van der Waals surface area contributed by atoms with Crippen molar-refractivity contribution < 1.29 is 9.59 Å². The van der Waals surface area contributed by atoms with Gasteiger partial charge in [-0.3, -0.25) is 14.3 Å². The molecule has 2 aromatic heterocycles. The molecule has 0 fully saturated rings. The van der Waals surface area contributed by atoms with Crippen LogP contribution in [-0.4, -0.2) is 28.0 Å². The molecule has 0 aliphatic carbocycles. The zero-order valence-electron chi connectivity index (χ0n) is 13.0. The number of hydrogen-bond donors (Lipinski definition) is 1. The fourth-order valence-electron chi connectivity index (χ4n) is 2.23. The maximum atomic E-state index is 11.8. The van der Waals surface area contributed by atoms with E-state index in [4.69, 9.17) is 0 Å². The molecule has 1 amide bonds. The molecule has 2 rings (SSSR count). The van der Waals surface area contributed by atoms with E-state index in [0.717, 1.165) is 29.2 Å². The Hall–Kier alpha value is -1.95. The number of hydrogen-bond acceptors (Lipinski definition) is 4. The first-order valence-electron chi connectivity index (χ1n) is 7.40. The van der Waals surface area contributed by atoms with E-state index in [2.05, 4.69) is 10.4 Å². The van der Waals surface area contributed by atoms with Crippen molar-refractivity contribution in [3.8, 4) is 0 Å². The largest absolute Gasteiger partial charge is 0.356 e. The predicted octanol–water partition coefficient (Wildman–Crippen LogP) is 2.73. The molecule has 118 valence electrons. The second kappa shape index (κ2) is 7.89. The summed E-state index contributed by atoms with van der Waals surface area (Å²) < 4.78 is 1.95. The van der Waals surface area contributed by atoms with Crippen LogP contribution in [0.15, 0.2) is 23.6 Å². The normalized spacial score (nSPS) is 10.6. The lowest BCUT2D eigenvalue weighted by Gasteiger charge is -2.06. The van der Waals surface area contributed by atoms with Crippen molar-refractivity contribution in [3.05, 3.63) is 39.8 Å². The van der Waals surface area contributed by atoms with Crippen LogP contribution in [0.1, 0.15) is 40.3 Å². The number of nitrogens with one attached hydrogen (secondary N) is 1. The second-order valence-electron chi connectivity index (χ2n) is 5.25. The molecule has 0 saturated heterocycles. The van der Waals surface area contributed by atoms with Crippen LogP contribution in [0.25, 0.3) is 0 Å². The molecule has 0 bridgehead atoms. The van der Waals surface area contributed by atoms with Gasteiger partial charge in [-0.15, -0.1) is 11.3 Å². The molecule has 0 aromatic carbocycles. The number of rotatable bonds is 8. The molecule has 2 heterocycles. The standard InChI is InChI=1S/C16H21N3O2S/c1-12-11-13(2)19(18-12)9-4-8-17-16(21)7-6-14(20)15-5-3-10-22-15/h3,5,10-11H,4,6-9H2,1-2H3,(H,17,21). The van der Waals surface area contributed by atoms with E-state index >= 15 is 0 Å². The zero-order chi connectivity index (χ0) is 15.9. The van der Waals surface area contributed by atoms with Gasteiger partial charge >= 0.3 is 0 Å². The van der Waals surface area contributed by atoms with Crippen LogP contribution in [0.5, 0.6) is 0 Å². The maximum absolute atomic E-state index is 11.8. The molecule has 0 unspecified atom stereocenters. The summed E-state index contributed by atoms with van der Waals surface area (Å²) in [5.41, 5.74) is 2.14. The van der Waals surface area contributed by atoms with Crippen molar-refractivity contribution in [2.75, 3.05) is 6.54 Å². The van der Waals surface area contributed by atoms with Crippen LogP contribution >= 0.6 is 11.3 Å². The van der Waals surface area contributed by atoms with Gasteiger partial charge in [0.2, 0.25) is 5.91 Å². The van der Waals surface area contributed by atoms with Crippen molar-refractivity contribution in [1.82, 2.24) is 15.1 Å². The number of carbonyl (C=O) groups is 2. The SMILES string of the molecule is Cc1cc(C)n(CCCNC(=O)CCC(=O)c2cccs2)n1. The van der Waals surface area contributed by atoms with Gasteiger partial charge in [0.15, 0.2) is 5.78 Å². The Bertz CT molecular complexity index is 632. The van der Waals surface area contributed by atoms with E-state index < -0.39 is 0 Å². The monoisotopic (exact) mass is 319 g/mol. The first-order chi connectivity index (χ1) is 10.6. The minimum absolute atomic E-state index is 0.0350. The summed E-state index contributed by atoms with van der Waals surface area (Å²) in [5, 5.41) is 9.09. The molecule has 0 atom stereocenters. The first kappa shape index (κ1) is 16.4. The van der Waals surface area contributed by atoms with Gasteiger partial charge in [-0.25, -0.2) is 0 Å². The summed E-state index contributed by atoms with van der Waals surface area (Å²) in [6.07, 6.45) is 1.34. The van der Waals surface area contributed by atoms with Gasteiger partial charge in [0.05, 0.1) is 10.6 Å². The Morgan fingerprint density at radius 1 is 1.32 bits per heavy atom. The highest BCUT2D eigenvalue weighted by molar-refractivity contribution is 7.12. The van der Waals surface area contributed by atoms with Crippen LogP contribution in [-0.2, 0) is 11.3 Å². The molecule has 6 heteroatoms. The average Bonchev–Trinajstić information content (AvgIpc) is 3.11. The van der Waals surface area contributed by atoms with Gasteiger partial charge in [-0.2, -0.15) is 5.10 Å². The highest BCUT2D eigenvalue weighted by atomic mass is 32.1. The van der Waals surface area contributed by atoms with Crippen LogP contribution in [0, 0.1) is 13.8 Å². The van der Waals surface area contributed by atoms with Gasteiger partial charge in [0.1, 0.15) is 0 Å². The summed E-state index contributed by atoms with van der Waals surface area (Å²) in [5.74, 6) is -0.0361. The van der Waals surface area contributed by atoms with Crippen molar-refractivity contribution in [2.45, 2.75) is 39.7 Å². The van der Waals surface area contributed by atoms with E-state index in [1.807, 2.05) is 36.0 Å². The summed E-state index contributed by atoms with van der Waals surface area (Å²) >= 11 is 1.41. The van der Waals surface area contributed by atoms with Crippen LogP contribution in [0.4, 0.5) is 0 Å². The summed E-state index contributed by atoms with van der Waals surface area (Å²) in [6, 6.07) is 5.67. The summed E-state index contributed by atoms with van der Waals surface area (Å²) in [6.45, 7) is 5.38. The smallest absolute Gasteiger partial charge is 0.220 e. The first-order valence-corrected chi connectivity index (χ1v) is 8.28. The lowest BCUT2D eigenvalue weighted by molar-refractivity contribution is -0.121. The van der Waals surface area contributed by atoms with Crippen molar-refractivity contribution in [3.63, 3.8) is 0 Å². The topological polar surface area (TPSA) is 64.0 Å². The molecule has 0 spiro atoms. The summed E-state index contributed by atoms with van der Waals surface area (Å²) in [4.78, 5) is 24.2. The second-order valence-corrected chi connectivity index (χ2v) is 6.20. The van der Waals surface area contributed by atoms with Gasteiger partial charge in [0.25, 0.3) is 0 Å². The average molecular weight is 319 g/mol. The molecule has 0 aliphatic heterocycles. The molecule has 22 heavy (non-hydrogen) atoms. The number of aromatic nitrogens is 2. The minimum Gasteiger partial charge on any atom is -0.356 e. The van der Waals surface area contributed by atoms with Crippen molar-refractivity contribution in [2.24, 2.45) is 0 Å². The number of nitrogens with zero attached hydrogens (tertiary/aromatic N) is 2. The van der Waals surface area contributed by atoms with E-state index in [-0.39, 0.29) is 24.5 Å². The van der Waals surface area contributed by atoms with Crippen LogP contribution in [0.3, 0.4) is 0 Å². The number of carbonyl (C=O) groups excluding carboxylic acids is 2. The molecule has 0 aliphatic rings. The quantitative estimate of drug-likeness (QED) is 0.601.